The van der Waals surface area contributed by atoms with Gasteiger partial charge >= 0.3 is 12.0 Å². The van der Waals surface area contributed by atoms with Gasteiger partial charge in [0.25, 0.3) is 0 Å². The molecule has 4 nitrogen and oxygen atoms in total. The molecule has 0 unspecified atom stereocenters. The number of benzene rings is 1. The number of hydrogen-bond donors (Lipinski definition) is 0. The predicted octanol–water partition coefficient (Wildman–Crippen LogP) is 3.90. The summed E-state index contributed by atoms with van der Waals surface area (Å²) >= 11 is 1.17. The maximum absolute atomic E-state index is 13.3. The fraction of sp³-hybridized carbons (Fsp3) is 0.333. The lowest BCUT2D eigenvalue weighted by molar-refractivity contribution is -0.132. The van der Waals surface area contributed by atoms with E-state index < -0.39 is 17.6 Å². The fourth-order valence-corrected chi connectivity index (χ4v) is 3.07. The second kappa shape index (κ2) is 6.48. The van der Waals surface area contributed by atoms with Gasteiger partial charge in [0.05, 0.1) is 5.69 Å². The highest BCUT2D eigenvalue weighted by Crippen LogP contribution is 2.36. The van der Waals surface area contributed by atoms with Gasteiger partial charge in [-0.2, -0.15) is 4.98 Å². The third-order valence-corrected chi connectivity index (χ3v) is 4.01. The Hall–Kier alpha value is -1.89. The van der Waals surface area contributed by atoms with Crippen molar-refractivity contribution in [3.05, 3.63) is 35.5 Å². The first-order valence-corrected chi connectivity index (χ1v) is 7.48. The average Bonchev–Trinajstić information content (AvgIpc) is 2.66. The molecule has 0 bridgehead atoms. The molecule has 2 aromatic rings. The van der Waals surface area contributed by atoms with Gasteiger partial charge in [-0.1, -0.05) is 25.6 Å². The van der Waals surface area contributed by atoms with Crippen LogP contribution in [0, 0.1) is 11.6 Å². The first-order valence-electron chi connectivity index (χ1n) is 6.67. The number of carbonyl (C=O) groups is 1. The van der Waals surface area contributed by atoms with Crippen LogP contribution in [-0.2, 0) is 11.8 Å². The van der Waals surface area contributed by atoms with E-state index in [9.17, 15) is 13.6 Å². The largest absolute Gasteiger partial charge is 0.392 e. The molecule has 7 heteroatoms. The van der Waals surface area contributed by atoms with Gasteiger partial charge in [0.15, 0.2) is 0 Å². The molecule has 2 rings (SSSR count). The molecule has 0 radical (unpaired) electrons. The summed E-state index contributed by atoms with van der Waals surface area (Å²) in [6.45, 7) is 5.17. The lowest BCUT2D eigenvalue weighted by Gasteiger charge is -2.08. The van der Waals surface area contributed by atoms with Crippen LogP contribution in [0.2, 0.25) is 0 Å². The zero-order valence-electron chi connectivity index (χ0n) is 12.7. The van der Waals surface area contributed by atoms with Crippen molar-refractivity contribution in [1.29, 1.82) is 0 Å². The van der Waals surface area contributed by atoms with E-state index in [1.54, 1.807) is 11.6 Å². The van der Waals surface area contributed by atoms with Crippen molar-refractivity contribution < 1.29 is 18.3 Å². The number of esters is 1. The number of aromatic nitrogens is 2. The van der Waals surface area contributed by atoms with Gasteiger partial charge in [0.1, 0.15) is 16.7 Å². The minimum Gasteiger partial charge on any atom is -0.392 e. The van der Waals surface area contributed by atoms with Crippen LogP contribution in [-0.4, -0.2) is 15.5 Å². The van der Waals surface area contributed by atoms with Gasteiger partial charge in [-0.05, 0) is 18.1 Å². The third-order valence-electron chi connectivity index (χ3n) is 2.86. The monoisotopic (exact) mass is 326 g/mol. The molecular formula is C15H16F2N2O2S. The third kappa shape index (κ3) is 3.65. The zero-order valence-corrected chi connectivity index (χ0v) is 13.5. The average molecular weight is 326 g/mol. The zero-order chi connectivity index (χ0) is 16.4. The van der Waals surface area contributed by atoms with Crippen LogP contribution in [0.4, 0.5) is 8.78 Å². The van der Waals surface area contributed by atoms with E-state index >= 15 is 0 Å². The van der Waals surface area contributed by atoms with E-state index in [1.807, 2.05) is 13.8 Å². The second-order valence-corrected chi connectivity index (χ2v) is 6.16. The predicted molar refractivity (Wildman–Crippen MR) is 79.1 cm³/mol. The highest BCUT2D eigenvalue weighted by atomic mass is 32.2. The maximum Gasteiger partial charge on any atom is 0.310 e. The van der Waals surface area contributed by atoms with Crippen LogP contribution < -0.4 is 4.74 Å². The van der Waals surface area contributed by atoms with Gasteiger partial charge in [0.2, 0.25) is 0 Å². The minimum absolute atomic E-state index is 0.0661. The Balaban J connectivity index is 2.44. The standard InChI is InChI=1S/C15H16F2N2O2S/c1-8(2)13-14(19(4)15(18-13)21-9(3)20)22-12-6-10(16)5-11(17)7-12/h5-8H,1-4H3. The molecule has 0 N–H and O–H groups in total. The quantitative estimate of drug-likeness (QED) is 0.799. The molecule has 22 heavy (non-hydrogen) atoms. The molecule has 118 valence electrons. The van der Waals surface area contributed by atoms with Crippen molar-refractivity contribution in [3.63, 3.8) is 0 Å². The van der Waals surface area contributed by atoms with Crippen molar-refractivity contribution in [2.75, 3.05) is 0 Å². The van der Waals surface area contributed by atoms with Crippen LogP contribution >= 0.6 is 11.8 Å². The summed E-state index contributed by atoms with van der Waals surface area (Å²) in [6.07, 6.45) is 0. The van der Waals surface area contributed by atoms with E-state index in [2.05, 4.69) is 4.98 Å². The maximum atomic E-state index is 13.3. The normalized spacial score (nSPS) is 11.0. The summed E-state index contributed by atoms with van der Waals surface area (Å²) < 4.78 is 33.3. The van der Waals surface area contributed by atoms with E-state index in [4.69, 9.17) is 4.74 Å². The number of rotatable bonds is 4. The molecule has 0 spiro atoms. The van der Waals surface area contributed by atoms with Gasteiger partial charge in [-0.25, -0.2) is 8.78 Å². The number of nitrogens with zero attached hydrogens (tertiary/aromatic N) is 2. The summed E-state index contributed by atoms with van der Waals surface area (Å²) in [5.74, 6) is -1.69. The Kier molecular flexibility index (Phi) is 4.85. The van der Waals surface area contributed by atoms with E-state index in [1.165, 1.54) is 30.8 Å². The smallest absolute Gasteiger partial charge is 0.310 e. The second-order valence-electron chi connectivity index (χ2n) is 5.10. The number of halogens is 2. The Labute approximate surface area is 131 Å². The molecule has 0 amide bonds. The van der Waals surface area contributed by atoms with Gasteiger partial charge in [0, 0.05) is 24.9 Å². The van der Waals surface area contributed by atoms with Gasteiger partial charge in [-0.3, -0.25) is 9.36 Å². The first kappa shape index (κ1) is 16.5. The molecule has 1 heterocycles. The summed E-state index contributed by atoms with van der Waals surface area (Å²) in [5, 5.41) is 0.677. The summed E-state index contributed by atoms with van der Waals surface area (Å²) in [5.41, 5.74) is 0.702. The van der Waals surface area contributed by atoms with Crippen LogP contribution in [0.15, 0.2) is 28.1 Å². The molecular weight excluding hydrogens is 310 g/mol. The Morgan fingerprint density at radius 1 is 1.27 bits per heavy atom. The molecule has 1 aromatic heterocycles. The number of imidazole rings is 1. The van der Waals surface area contributed by atoms with Gasteiger partial charge in [-0.15, -0.1) is 0 Å². The van der Waals surface area contributed by atoms with E-state index in [-0.39, 0.29) is 11.9 Å². The lowest BCUT2D eigenvalue weighted by atomic mass is 10.2. The van der Waals surface area contributed by atoms with Crippen LogP contribution in [0.3, 0.4) is 0 Å². The summed E-state index contributed by atoms with van der Waals surface area (Å²) in [7, 11) is 1.69. The molecule has 0 aliphatic rings. The summed E-state index contributed by atoms with van der Waals surface area (Å²) in [6, 6.07) is 3.48. The Morgan fingerprint density at radius 3 is 2.36 bits per heavy atom. The lowest BCUT2D eigenvalue weighted by Crippen LogP contribution is -2.06. The molecule has 0 saturated heterocycles. The Morgan fingerprint density at radius 2 is 1.86 bits per heavy atom. The molecule has 0 saturated carbocycles. The number of hydrogen-bond acceptors (Lipinski definition) is 4. The highest BCUT2D eigenvalue weighted by molar-refractivity contribution is 7.99. The van der Waals surface area contributed by atoms with Crippen molar-refractivity contribution in [1.82, 2.24) is 9.55 Å². The Bertz CT molecular complexity index is 694. The highest BCUT2D eigenvalue weighted by Gasteiger charge is 2.20. The SMILES string of the molecule is CC(=O)Oc1nc(C(C)C)c(Sc2cc(F)cc(F)c2)n1C. The van der Waals surface area contributed by atoms with Crippen LogP contribution in [0.1, 0.15) is 32.4 Å². The van der Waals surface area contributed by atoms with Gasteiger partial charge < -0.3 is 4.74 Å². The van der Waals surface area contributed by atoms with Crippen molar-refractivity contribution in [2.24, 2.45) is 7.05 Å². The fourth-order valence-electron chi connectivity index (χ4n) is 1.90. The number of ether oxygens (including phenoxy) is 1. The number of carbonyl (C=O) groups excluding carboxylic acids is 1. The van der Waals surface area contributed by atoms with E-state index in [0.29, 0.717) is 15.6 Å². The minimum atomic E-state index is -0.643. The van der Waals surface area contributed by atoms with Crippen LogP contribution in [0.5, 0.6) is 6.01 Å². The molecule has 0 aliphatic carbocycles. The molecule has 1 aromatic carbocycles. The van der Waals surface area contributed by atoms with Crippen molar-refractivity contribution >= 4 is 17.7 Å². The van der Waals surface area contributed by atoms with E-state index in [0.717, 1.165) is 6.07 Å². The molecule has 0 aliphatic heterocycles. The molecule has 0 fully saturated rings. The van der Waals surface area contributed by atoms with Crippen LogP contribution in [0.25, 0.3) is 0 Å². The summed E-state index contributed by atoms with van der Waals surface area (Å²) in [4.78, 5) is 15.8. The topological polar surface area (TPSA) is 44.1 Å². The molecule has 0 atom stereocenters. The van der Waals surface area contributed by atoms with Crippen molar-refractivity contribution in [3.8, 4) is 6.01 Å². The van der Waals surface area contributed by atoms with Crippen molar-refractivity contribution in [2.45, 2.75) is 36.6 Å². The first-order chi connectivity index (χ1) is 10.3.